The lowest BCUT2D eigenvalue weighted by atomic mass is 9.60. The number of allylic oxidation sites excluding steroid dienone is 5. The maximum Gasteiger partial charge on any atom is -0.00442 e. The van der Waals surface area contributed by atoms with Gasteiger partial charge in [-0.3, -0.25) is 0 Å². The summed E-state index contributed by atoms with van der Waals surface area (Å²) in [4.78, 5) is 0. The minimum Gasteiger partial charge on any atom is -0.0998 e. The van der Waals surface area contributed by atoms with Crippen LogP contribution in [0.5, 0.6) is 0 Å². The van der Waals surface area contributed by atoms with Crippen LogP contribution in [0, 0.1) is 17.3 Å². The molecule has 0 aromatic carbocycles. The van der Waals surface area contributed by atoms with Crippen LogP contribution < -0.4 is 0 Å². The second-order valence-corrected chi connectivity index (χ2v) is 5.60. The van der Waals surface area contributed by atoms with Gasteiger partial charge < -0.3 is 0 Å². The second kappa shape index (κ2) is 3.66. The molecule has 0 fully saturated rings. The van der Waals surface area contributed by atoms with E-state index in [1.807, 2.05) is 0 Å². The molecule has 0 saturated carbocycles. The highest BCUT2D eigenvalue weighted by Gasteiger charge is 2.39. The van der Waals surface area contributed by atoms with E-state index in [4.69, 9.17) is 0 Å². The fourth-order valence-corrected chi connectivity index (χ4v) is 2.99. The molecule has 0 heterocycles. The third-order valence-corrected chi connectivity index (χ3v) is 4.52. The molecule has 0 unspecified atom stereocenters. The number of fused-ring (bicyclic) bond motifs is 1. The van der Waals surface area contributed by atoms with Crippen LogP contribution in [0.1, 0.15) is 40.0 Å². The molecule has 15 heavy (non-hydrogen) atoms. The predicted octanol–water partition coefficient (Wildman–Crippen LogP) is 4.50. The Morgan fingerprint density at radius 2 is 2.20 bits per heavy atom. The van der Waals surface area contributed by atoms with Crippen molar-refractivity contribution in [3.05, 3.63) is 36.0 Å². The monoisotopic (exact) mass is 202 g/mol. The molecule has 0 saturated heterocycles. The first-order valence-corrected chi connectivity index (χ1v) is 6.06. The first-order valence-electron chi connectivity index (χ1n) is 6.06. The Labute approximate surface area is 93.8 Å². The van der Waals surface area contributed by atoms with Crippen molar-refractivity contribution in [1.82, 2.24) is 0 Å². The van der Waals surface area contributed by atoms with Crippen molar-refractivity contribution in [1.29, 1.82) is 0 Å². The molecule has 3 atom stereocenters. The minimum absolute atomic E-state index is 0.399. The molecule has 2 aliphatic rings. The fraction of sp³-hybridized carbons (Fsp3) is 0.600. The van der Waals surface area contributed by atoms with Gasteiger partial charge in [0.25, 0.3) is 0 Å². The smallest absolute Gasteiger partial charge is 0.00442 e. The first kappa shape index (κ1) is 10.7. The molecule has 0 radical (unpaired) electrons. The third-order valence-electron chi connectivity index (χ3n) is 4.52. The number of hydrogen-bond donors (Lipinski definition) is 0. The van der Waals surface area contributed by atoms with Crippen molar-refractivity contribution in [2.24, 2.45) is 17.3 Å². The van der Waals surface area contributed by atoms with Gasteiger partial charge in [-0.1, -0.05) is 44.2 Å². The highest BCUT2D eigenvalue weighted by Crippen LogP contribution is 2.50. The largest absolute Gasteiger partial charge is 0.0998 e. The Balaban J connectivity index is 2.32. The highest BCUT2D eigenvalue weighted by atomic mass is 14.4. The zero-order chi connectivity index (χ0) is 11.1. The van der Waals surface area contributed by atoms with Gasteiger partial charge in [-0.15, -0.1) is 0 Å². The van der Waals surface area contributed by atoms with E-state index in [9.17, 15) is 0 Å². The van der Waals surface area contributed by atoms with E-state index < -0.39 is 0 Å². The van der Waals surface area contributed by atoms with Crippen molar-refractivity contribution >= 4 is 0 Å². The van der Waals surface area contributed by atoms with E-state index in [1.54, 1.807) is 5.57 Å². The molecule has 0 N–H and O–H groups in total. The average molecular weight is 202 g/mol. The molecule has 0 heteroatoms. The number of hydrogen-bond acceptors (Lipinski definition) is 0. The Morgan fingerprint density at radius 3 is 2.87 bits per heavy atom. The molecular weight excluding hydrogens is 180 g/mol. The van der Waals surface area contributed by atoms with Gasteiger partial charge in [-0.25, -0.2) is 0 Å². The molecule has 0 amide bonds. The third kappa shape index (κ3) is 1.71. The molecule has 0 aromatic rings. The Kier molecular flexibility index (Phi) is 2.62. The van der Waals surface area contributed by atoms with Crippen LogP contribution in [0.3, 0.4) is 0 Å². The molecular formula is C15H22. The molecule has 0 aromatic heterocycles. The van der Waals surface area contributed by atoms with Gasteiger partial charge in [0.1, 0.15) is 0 Å². The summed E-state index contributed by atoms with van der Waals surface area (Å²) in [7, 11) is 0. The maximum absolute atomic E-state index is 4.13. The zero-order valence-corrected chi connectivity index (χ0v) is 10.2. The molecule has 0 nitrogen and oxygen atoms in total. The van der Waals surface area contributed by atoms with Gasteiger partial charge in [-0.05, 0) is 49.0 Å². The standard InChI is InChI=1S/C15H22/c1-11(2)13-8-9-14-7-5-6-12(3)15(14,4)10-13/h5,7,9,12-13H,1,6,8,10H2,2-4H3/t12-,13-,15+/m1/s1. The first-order chi connectivity index (χ1) is 7.04. The van der Waals surface area contributed by atoms with E-state index in [-0.39, 0.29) is 0 Å². The summed E-state index contributed by atoms with van der Waals surface area (Å²) >= 11 is 0. The maximum atomic E-state index is 4.13. The van der Waals surface area contributed by atoms with Gasteiger partial charge >= 0.3 is 0 Å². The quantitative estimate of drug-likeness (QED) is 0.549. The van der Waals surface area contributed by atoms with Gasteiger partial charge in [-0.2, -0.15) is 0 Å². The van der Waals surface area contributed by atoms with Crippen LogP contribution in [0.25, 0.3) is 0 Å². The normalized spacial score (nSPS) is 39.5. The fourth-order valence-electron chi connectivity index (χ4n) is 2.99. The summed E-state index contributed by atoms with van der Waals surface area (Å²) in [5.41, 5.74) is 3.32. The van der Waals surface area contributed by atoms with Crippen LogP contribution in [0.4, 0.5) is 0 Å². The number of rotatable bonds is 1. The Morgan fingerprint density at radius 1 is 1.47 bits per heavy atom. The lowest BCUT2D eigenvalue weighted by Crippen LogP contribution is -2.34. The topological polar surface area (TPSA) is 0 Å². The van der Waals surface area contributed by atoms with E-state index in [2.05, 4.69) is 45.6 Å². The van der Waals surface area contributed by atoms with Gasteiger partial charge in [0.2, 0.25) is 0 Å². The summed E-state index contributed by atoms with van der Waals surface area (Å²) in [6.07, 6.45) is 10.8. The van der Waals surface area contributed by atoms with E-state index >= 15 is 0 Å². The van der Waals surface area contributed by atoms with Crippen molar-refractivity contribution in [2.45, 2.75) is 40.0 Å². The van der Waals surface area contributed by atoms with Crippen molar-refractivity contribution < 1.29 is 0 Å². The summed E-state index contributed by atoms with van der Waals surface area (Å²) in [5, 5.41) is 0. The van der Waals surface area contributed by atoms with Gasteiger partial charge in [0.15, 0.2) is 0 Å². The Hall–Kier alpha value is -0.780. The van der Waals surface area contributed by atoms with Crippen molar-refractivity contribution in [3.63, 3.8) is 0 Å². The Bertz CT molecular complexity index is 332. The molecule has 0 aliphatic heterocycles. The summed E-state index contributed by atoms with van der Waals surface area (Å²) < 4.78 is 0. The van der Waals surface area contributed by atoms with E-state index in [0.717, 1.165) is 5.92 Å². The van der Waals surface area contributed by atoms with Crippen molar-refractivity contribution in [3.8, 4) is 0 Å². The van der Waals surface area contributed by atoms with Gasteiger partial charge in [0.05, 0.1) is 0 Å². The highest BCUT2D eigenvalue weighted by molar-refractivity contribution is 5.33. The molecule has 82 valence electrons. The molecule has 2 rings (SSSR count). The summed E-state index contributed by atoms with van der Waals surface area (Å²) in [6.45, 7) is 11.1. The van der Waals surface area contributed by atoms with Crippen molar-refractivity contribution in [2.75, 3.05) is 0 Å². The van der Waals surface area contributed by atoms with Crippen LogP contribution in [-0.2, 0) is 0 Å². The molecule has 0 spiro atoms. The molecule has 2 aliphatic carbocycles. The van der Waals surface area contributed by atoms with Crippen LogP contribution in [0.2, 0.25) is 0 Å². The second-order valence-electron chi connectivity index (χ2n) is 5.60. The average Bonchev–Trinajstić information content (AvgIpc) is 2.19. The zero-order valence-electron chi connectivity index (χ0n) is 10.2. The lowest BCUT2D eigenvalue weighted by Gasteiger charge is -2.45. The lowest BCUT2D eigenvalue weighted by molar-refractivity contribution is 0.194. The van der Waals surface area contributed by atoms with E-state index in [0.29, 0.717) is 11.3 Å². The predicted molar refractivity (Wildman–Crippen MR) is 66.6 cm³/mol. The SMILES string of the molecule is C=C(C)[C@@H]1CC=C2C=CC[C@@H](C)[C@]2(C)C1. The van der Waals surface area contributed by atoms with E-state index in [1.165, 1.54) is 24.8 Å². The summed E-state index contributed by atoms with van der Waals surface area (Å²) in [6, 6.07) is 0. The van der Waals surface area contributed by atoms with Crippen LogP contribution in [-0.4, -0.2) is 0 Å². The molecule has 0 bridgehead atoms. The van der Waals surface area contributed by atoms with Gasteiger partial charge in [0, 0.05) is 0 Å². The summed E-state index contributed by atoms with van der Waals surface area (Å²) in [5.74, 6) is 1.48. The van der Waals surface area contributed by atoms with Crippen LogP contribution >= 0.6 is 0 Å². The minimum atomic E-state index is 0.399. The van der Waals surface area contributed by atoms with Crippen LogP contribution in [0.15, 0.2) is 36.0 Å².